The second-order valence-electron chi connectivity index (χ2n) is 8.78. The molecule has 0 saturated carbocycles. The van der Waals surface area contributed by atoms with Gasteiger partial charge in [-0.1, -0.05) is 78.5 Å². The fourth-order valence-electron chi connectivity index (χ4n) is 3.98. The van der Waals surface area contributed by atoms with Crippen molar-refractivity contribution >= 4 is 16.7 Å². The van der Waals surface area contributed by atoms with E-state index in [1.807, 2.05) is 29.8 Å². The Hall–Kier alpha value is -1.57. The smallest absolute Gasteiger partial charge is 0.182 e. The van der Waals surface area contributed by atoms with Gasteiger partial charge in [-0.25, -0.2) is 0 Å². The molecule has 0 amide bonds. The number of rotatable bonds is 10. The first-order valence-electron chi connectivity index (χ1n) is 10.4. The highest BCUT2D eigenvalue weighted by atomic mass is 16.1. The number of aromatic nitrogens is 1. The van der Waals surface area contributed by atoms with Crippen LogP contribution in [0.2, 0.25) is 0 Å². The number of hydrogen-bond acceptors (Lipinski definition) is 1. The van der Waals surface area contributed by atoms with Crippen LogP contribution in [-0.4, -0.2) is 10.4 Å². The summed E-state index contributed by atoms with van der Waals surface area (Å²) in [5.41, 5.74) is 1.98. The second-order valence-corrected chi connectivity index (χ2v) is 8.78. The first-order valence-corrected chi connectivity index (χ1v) is 10.4. The summed E-state index contributed by atoms with van der Waals surface area (Å²) in [6.07, 6.45) is 6.24. The predicted octanol–water partition coefficient (Wildman–Crippen LogP) is 6.88. The number of ketones is 1. The number of carbonyl (C=O) groups is 1. The van der Waals surface area contributed by atoms with E-state index in [1.165, 1.54) is 25.7 Å². The van der Waals surface area contributed by atoms with E-state index >= 15 is 0 Å². The molecule has 144 valence electrons. The van der Waals surface area contributed by atoms with Gasteiger partial charge in [0.05, 0.1) is 5.69 Å². The van der Waals surface area contributed by atoms with Gasteiger partial charge in [-0.15, -0.1) is 0 Å². The molecular formula is C24H37NO. The molecule has 0 bridgehead atoms. The number of para-hydroxylation sites is 1. The third-order valence-corrected chi connectivity index (χ3v) is 6.04. The van der Waals surface area contributed by atoms with Crippen LogP contribution in [0.3, 0.4) is 0 Å². The molecule has 26 heavy (non-hydrogen) atoms. The van der Waals surface area contributed by atoms with E-state index in [1.54, 1.807) is 0 Å². The molecule has 0 N–H and O–H groups in total. The standard InChI is InChI=1S/C24H37NO/c1-17(2)11-7-8-12-18(3)19(4)15-20(5)24(26)23-16-21-13-9-10-14-22(21)25(23)6/h9-10,13-14,16-20H,7-8,11-12,15H2,1-6H3/t18-,19?,20-/m1/s1. The molecule has 0 fully saturated rings. The van der Waals surface area contributed by atoms with Crippen molar-refractivity contribution in [1.82, 2.24) is 4.57 Å². The van der Waals surface area contributed by atoms with Crippen LogP contribution < -0.4 is 0 Å². The Morgan fingerprint density at radius 3 is 2.27 bits per heavy atom. The zero-order chi connectivity index (χ0) is 19.3. The molecule has 1 heterocycles. The Bertz CT molecular complexity index is 712. The van der Waals surface area contributed by atoms with Crippen molar-refractivity contribution < 1.29 is 4.79 Å². The summed E-state index contributed by atoms with van der Waals surface area (Å²) >= 11 is 0. The monoisotopic (exact) mass is 355 g/mol. The van der Waals surface area contributed by atoms with E-state index in [-0.39, 0.29) is 11.7 Å². The van der Waals surface area contributed by atoms with Crippen molar-refractivity contribution in [1.29, 1.82) is 0 Å². The first-order chi connectivity index (χ1) is 12.3. The van der Waals surface area contributed by atoms with E-state index in [4.69, 9.17) is 0 Å². The third kappa shape index (κ3) is 5.22. The number of nitrogens with zero attached hydrogens (tertiary/aromatic N) is 1. The van der Waals surface area contributed by atoms with Gasteiger partial charge in [0.1, 0.15) is 0 Å². The fraction of sp³-hybridized carbons (Fsp3) is 0.625. The lowest BCUT2D eigenvalue weighted by Crippen LogP contribution is -2.20. The molecule has 0 aliphatic carbocycles. The van der Waals surface area contributed by atoms with Gasteiger partial charge in [-0.3, -0.25) is 4.79 Å². The predicted molar refractivity (Wildman–Crippen MR) is 113 cm³/mol. The summed E-state index contributed by atoms with van der Waals surface area (Å²) in [4.78, 5) is 13.0. The molecule has 0 aliphatic rings. The topological polar surface area (TPSA) is 22.0 Å². The van der Waals surface area contributed by atoms with Crippen molar-refractivity contribution in [2.45, 2.75) is 66.7 Å². The zero-order valence-electron chi connectivity index (χ0n) is 17.6. The Morgan fingerprint density at radius 1 is 0.962 bits per heavy atom. The molecule has 3 atom stereocenters. The van der Waals surface area contributed by atoms with Crippen LogP contribution in [0.15, 0.2) is 30.3 Å². The van der Waals surface area contributed by atoms with Gasteiger partial charge in [0.15, 0.2) is 5.78 Å². The molecule has 0 saturated heterocycles. The molecule has 2 heteroatoms. The molecule has 0 radical (unpaired) electrons. The maximum absolute atomic E-state index is 13.0. The Kier molecular flexibility index (Phi) is 7.49. The molecule has 1 aromatic carbocycles. The lowest BCUT2D eigenvalue weighted by Gasteiger charge is -2.23. The van der Waals surface area contributed by atoms with Crippen LogP contribution in [-0.2, 0) is 7.05 Å². The number of hydrogen-bond donors (Lipinski definition) is 0. The van der Waals surface area contributed by atoms with Crippen molar-refractivity contribution in [3.63, 3.8) is 0 Å². The Labute approximate surface area is 160 Å². The quantitative estimate of drug-likeness (QED) is 0.336. The van der Waals surface area contributed by atoms with Crippen molar-refractivity contribution in [3.05, 3.63) is 36.0 Å². The van der Waals surface area contributed by atoms with Crippen LogP contribution in [0.25, 0.3) is 10.9 Å². The molecule has 2 nitrogen and oxygen atoms in total. The zero-order valence-corrected chi connectivity index (χ0v) is 17.6. The van der Waals surface area contributed by atoms with E-state index in [2.05, 4.69) is 46.8 Å². The van der Waals surface area contributed by atoms with Crippen molar-refractivity contribution in [2.75, 3.05) is 0 Å². The van der Waals surface area contributed by atoms with Crippen LogP contribution in [0.4, 0.5) is 0 Å². The highest BCUT2D eigenvalue weighted by molar-refractivity contribution is 6.01. The van der Waals surface area contributed by atoms with Crippen LogP contribution in [0, 0.1) is 23.7 Å². The highest BCUT2D eigenvalue weighted by Gasteiger charge is 2.23. The molecule has 0 spiro atoms. The van der Waals surface area contributed by atoms with Gasteiger partial charge >= 0.3 is 0 Å². The molecular weight excluding hydrogens is 318 g/mol. The van der Waals surface area contributed by atoms with E-state index < -0.39 is 0 Å². The summed E-state index contributed by atoms with van der Waals surface area (Å²) in [6.45, 7) is 11.4. The molecule has 2 rings (SSSR count). The van der Waals surface area contributed by atoms with Gasteiger partial charge in [-0.05, 0) is 36.3 Å². The minimum Gasteiger partial charge on any atom is -0.341 e. The highest BCUT2D eigenvalue weighted by Crippen LogP contribution is 2.28. The molecule has 0 aliphatic heterocycles. The van der Waals surface area contributed by atoms with E-state index in [0.29, 0.717) is 11.8 Å². The maximum Gasteiger partial charge on any atom is 0.182 e. The fourth-order valence-corrected chi connectivity index (χ4v) is 3.98. The second kappa shape index (κ2) is 9.39. The lowest BCUT2D eigenvalue weighted by molar-refractivity contribution is 0.0897. The van der Waals surface area contributed by atoms with Crippen LogP contribution >= 0.6 is 0 Å². The van der Waals surface area contributed by atoms with Gasteiger partial charge in [0.25, 0.3) is 0 Å². The Balaban J connectivity index is 1.92. The van der Waals surface area contributed by atoms with Crippen molar-refractivity contribution in [2.24, 2.45) is 30.7 Å². The Morgan fingerprint density at radius 2 is 1.62 bits per heavy atom. The number of fused-ring (bicyclic) bond motifs is 1. The number of carbonyl (C=O) groups excluding carboxylic acids is 1. The lowest BCUT2D eigenvalue weighted by atomic mass is 9.82. The minimum absolute atomic E-state index is 0.0751. The molecule has 2 aromatic rings. The van der Waals surface area contributed by atoms with Gasteiger partial charge in [-0.2, -0.15) is 0 Å². The van der Waals surface area contributed by atoms with Crippen LogP contribution in [0.1, 0.15) is 77.2 Å². The van der Waals surface area contributed by atoms with Crippen molar-refractivity contribution in [3.8, 4) is 0 Å². The largest absolute Gasteiger partial charge is 0.341 e. The third-order valence-electron chi connectivity index (χ3n) is 6.04. The maximum atomic E-state index is 13.0. The minimum atomic E-state index is 0.0751. The number of aryl methyl sites for hydroxylation is 1. The summed E-state index contributed by atoms with van der Waals surface area (Å²) in [5.74, 6) is 2.43. The average Bonchev–Trinajstić information content (AvgIpc) is 2.94. The SMILES string of the molecule is CC(C)CCCC[C@@H](C)C(C)C[C@@H](C)C(=O)c1cc2ccccc2n1C. The number of Topliss-reactive ketones (excluding diaryl/α,β-unsaturated/α-hetero) is 1. The van der Waals surface area contributed by atoms with Gasteiger partial charge in [0, 0.05) is 23.9 Å². The molecule has 1 unspecified atom stereocenters. The van der Waals surface area contributed by atoms with E-state index in [9.17, 15) is 4.79 Å². The summed E-state index contributed by atoms with van der Waals surface area (Å²) in [5, 5.41) is 1.15. The van der Waals surface area contributed by atoms with Crippen LogP contribution in [0.5, 0.6) is 0 Å². The number of benzene rings is 1. The molecule has 1 aromatic heterocycles. The average molecular weight is 356 g/mol. The first kappa shape index (κ1) is 20.7. The van der Waals surface area contributed by atoms with Gasteiger partial charge < -0.3 is 4.57 Å². The normalized spacial score (nSPS) is 15.3. The summed E-state index contributed by atoms with van der Waals surface area (Å²) in [6, 6.07) is 10.3. The number of unbranched alkanes of at least 4 members (excludes halogenated alkanes) is 1. The van der Waals surface area contributed by atoms with Gasteiger partial charge in [0.2, 0.25) is 0 Å². The summed E-state index contributed by atoms with van der Waals surface area (Å²) in [7, 11) is 2.00. The van der Waals surface area contributed by atoms with E-state index in [0.717, 1.165) is 28.9 Å². The summed E-state index contributed by atoms with van der Waals surface area (Å²) < 4.78 is 2.05.